The Kier molecular flexibility index (Phi) is 5.56. The summed E-state index contributed by atoms with van der Waals surface area (Å²) in [7, 11) is 0. The minimum atomic E-state index is 0.460. The van der Waals surface area contributed by atoms with Crippen LogP contribution < -0.4 is 11.5 Å². The molecule has 0 rings (SSSR count). The maximum atomic E-state index is 7.09. The van der Waals surface area contributed by atoms with E-state index in [9.17, 15) is 0 Å². The highest BCUT2D eigenvalue weighted by Gasteiger charge is 2.02. The van der Waals surface area contributed by atoms with E-state index in [1.165, 1.54) is 6.21 Å². The third-order valence-electron chi connectivity index (χ3n) is 1.94. The van der Waals surface area contributed by atoms with Crippen LogP contribution in [0.25, 0.3) is 0 Å². The average molecular weight is 193 g/mol. The lowest BCUT2D eigenvalue weighted by Gasteiger charge is -2.08. The third-order valence-corrected chi connectivity index (χ3v) is 1.94. The SMILES string of the molecule is C/C=C(/CN)C(/C=C(/C)C=N)=C(C)N. The van der Waals surface area contributed by atoms with Crippen LogP contribution in [0.5, 0.6) is 0 Å². The molecular weight excluding hydrogens is 174 g/mol. The van der Waals surface area contributed by atoms with Crippen molar-refractivity contribution in [3.05, 3.63) is 34.6 Å². The molecule has 0 aromatic rings. The van der Waals surface area contributed by atoms with E-state index >= 15 is 0 Å². The fraction of sp³-hybridized carbons (Fsp3) is 0.364. The fourth-order valence-electron chi connectivity index (χ4n) is 1.11. The van der Waals surface area contributed by atoms with Crippen molar-refractivity contribution in [1.29, 1.82) is 5.41 Å². The summed E-state index contributed by atoms with van der Waals surface area (Å²) in [5.74, 6) is 0. The Hall–Kier alpha value is -1.35. The average Bonchev–Trinajstić information content (AvgIpc) is 2.17. The molecule has 0 aromatic carbocycles. The molecule has 0 amide bonds. The second-order valence-corrected chi connectivity index (χ2v) is 3.15. The minimum absolute atomic E-state index is 0.460. The van der Waals surface area contributed by atoms with Crippen LogP contribution in [0.1, 0.15) is 20.8 Å². The normalized spacial score (nSPS) is 15.1. The quantitative estimate of drug-likeness (QED) is 0.469. The molecule has 0 bridgehead atoms. The van der Waals surface area contributed by atoms with Gasteiger partial charge in [-0.15, -0.1) is 0 Å². The van der Waals surface area contributed by atoms with Gasteiger partial charge in [0, 0.05) is 18.5 Å². The van der Waals surface area contributed by atoms with Gasteiger partial charge in [-0.1, -0.05) is 6.08 Å². The predicted molar refractivity (Wildman–Crippen MR) is 62.2 cm³/mol. The first-order chi connectivity index (χ1) is 6.56. The summed E-state index contributed by atoms with van der Waals surface area (Å²) in [6, 6.07) is 0. The zero-order valence-corrected chi connectivity index (χ0v) is 9.09. The molecule has 0 unspecified atom stereocenters. The molecule has 5 N–H and O–H groups in total. The van der Waals surface area contributed by atoms with Gasteiger partial charge in [0.15, 0.2) is 0 Å². The highest BCUT2D eigenvalue weighted by Crippen LogP contribution is 2.14. The molecule has 0 heterocycles. The van der Waals surface area contributed by atoms with E-state index in [4.69, 9.17) is 16.9 Å². The van der Waals surface area contributed by atoms with Gasteiger partial charge in [0.2, 0.25) is 0 Å². The Morgan fingerprint density at radius 3 is 2.21 bits per heavy atom. The maximum absolute atomic E-state index is 7.09. The number of hydrogen-bond donors (Lipinski definition) is 3. The Bertz CT molecular complexity index is 292. The maximum Gasteiger partial charge on any atom is 0.0207 e. The largest absolute Gasteiger partial charge is 0.402 e. The second kappa shape index (κ2) is 6.16. The van der Waals surface area contributed by atoms with Gasteiger partial charge in [0.05, 0.1) is 0 Å². The zero-order chi connectivity index (χ0) is 11.1. The van der Waals surface area contributed by atoms with Gasteiger partial charge in [0.1, 0.15) is 0 Å². The van der Waals surface area contributed by atoms with Crippen molar-refractivity contribution in [1.82, 2.24) is 0 Å². The summed E-state index contributed by atoms with van der Waals surface area (Å²) in [6.45, 7) is 6.09. The Labute approximate surface area is 85.7 Å². The lowest BCUT2D eigenvalue weighted by Crippen LogP contribution is -2.09. The zero-order valence-electron chi connectivity index (χ0n) is 9.09. The Morgan fingerprint density at radius 2 is 1.93 bits per heavy atom. The summed E-state index contributed by atoms with van der Waals surface area (Å²) in [5.41, 5.74) is 14.9. The molecule has 3 heteroatoms. The first kappa shape index (κ1) is 12.7. The lowest BCUT2D eigenvalue weighted by atomic mass is 10.0. The summed E-state index contributed by atoms with van der Waals surface area (Å²) in [4.78, 5) is 0. The van der Waals surface area contributed by atoms with Crippen LogP contribution in [0.2, 0.25) is 0 Å². The van der Waals surface area contributed by atoms with Crippen LogP contribution in [0.15, 0.2) is 34.6 Å². The standard InChI is InChI=1S/C11H19N3/c1-4-10(7-13)11(9(3)14)5-8(2)6-12/h4-6,12H,7,13-14H2,1-3H3/b8-5-,10-4-,11-9?,12-6?. The summed E-state index contributed by atoms with van der Waals surface area (Å²) in [6.07, 6.45) is 5.12. The molecule has 0 aliphatic carbocycles. The first-order valence-electron chi connectivity index (χ1n) is 4.57. The molecule has 0 saturated heterocycles. The number of hydrogen-bond acceptors (Lipinski definition) is 3. The smallest absolute Gasteiger partial charge is 0.0207 e. The van der Waals surface area contributed by atoms with E-state index < -0.39 is 0 Å². The molecule has 0 aliphatic heterocycles. The van der Waals surface area contributed by atoms with Crippen LogP contribution in [-0.2, 0) is 0 Å². The van der Waals surface area contributed by atoms with Crippen molar-refractivity contribution in [2.24, 2.45) is 11.5 Å². The molecule has 0 radical (unpaired) electrons. The molecule has 0 fully saturated rings. The summed E-state index contributed by atoms with van der Waals surface area (Å²) in [5, 5.41) is 7.09. The van der Waals surface area contributed by atoms with Gasteiger partial charge in [-0.3, -0.25) is 0 Å². The number of rotatable bonds is 4. The van der Waals surface area contributed by atoms with Crippen LogP contribution >= 0.6 is 0 Å². The van der Waals surface area contributed by atoms with Crippen LogP contribution in [0.3, 0.4) is 0 Å². The van der Waals surface area contributed by atoms with Crippen molar-refractivity contribution in [3.8, 4) is 0 Å². The Balaban J connectivity index is 5.20. The van der Waals surface area contributed by atoms with Crippen molar-refractivity contribution < 1.29 is 0 Å². The third kappa shape index (κ3) is 3.58. The number of nitrogens with one attached hydrogen (secondary N) is 1. The van der Waals surface area contributed by atoms with E-state index in [0.29, 0.717) is 6.54 Å². The van der Waals surface area contributed by atoms with Crippen LogP contribution in [-0.4, -0.2) is 12.8 Å². The molecule has 0 atom stereocenters. The van der Waals surface area contributed by atoms with E-state index in [1.54, 1.807) is 0 Å². The van der Waals surface area contributed by atoms with Crippen LogP contribution in [0, 0.1) is 5.41 Å². The molecule has 78 valence electrons. The van der Waals surface area contributed by atoms with Gasteiger partial charge >= 0.3 is 0 Å². The van der Waals surface area contributed by atoms with Crippen molar-refractivity contribution in [2.45, 2.75) is 20.8 Å². The van der Waals surface area contributed by atoms with E-state index in [2.05, 4.69) is 0 Å². The van der Waals surface area contributed by atoms with E-state index in [1.807, 2.05) is 32.9 Å². The molecule has 0 spiro atoms. The van der Waals surface area contributed by atoms with Gasteiger partial charge in [-0.2, -0.15) is 0 Å². The number of nitrogens with two attached hydrogens (primary N) is 2. The van der Waals surface area contributed by atoms with Crippen molar-refractivity contribution in [3.63, 3.8) is 0 Å². The second-order valence-electron chi connectivity index (χ2n) is 3.15. The van der Waals surface area contributed by atoms with Crippen molar-refractivity contribution in [2.75, 3.05) is 6.54 Å². The molecule has 3 nitrogen and oxygen atoms in total. The summed E-state index contributed by atoms with van der Waals surface area (Å²) < 4.78 is 0. The number of allylic oxidation sites excluding steroid dienone is 4. The molecule has 14 heavy (non-hydrogen) atoms. The lowest BCUT2D eigenvalue weighted by molar-refractivity contribution is 1.12. The van der Waals surface area contributed by atoms with E-state index in [-0.39, 0.29) is 0 Å². The van der Waals surface area contributed by atoms with Gasteiger partial charge in [-0.25, -0.2) is 0 Å². The first-order valence-corrected chi connectivity index (χ1v) is 4.57. The predicted octanol–water partition coefficient (Wildman–Crippen LogP) is 1.72. The molecular formula is C11H19N3. The van der Waals surface area contributed by atoms with Gasteiger partial charge in [-0.05, 0) is 43.6 Å². The molecule has 0 saturated carbocycles. The molecule has 0 aromatic heterocycles. The van der Waals surface area contributed by atoms with E-state index in [0.717, 1.165) is 22.4 Å². The van der Waals surface area contributed by atoms with Gasteiger partial charge < -0.3 is 16.9 Å². The minimum Gasteiger partial charge on any atom is -0.402 e. The summed E-state index contributed by atoms with van der Waals surface area (Å²) >= 11 is 0. The van der Waals surface area contributed by atoms with Crippen LogP contribution in [0.4, 0.5) is 0 Å². The topological polar surface area (TPSA) is 75.9 Å². The fourth-order valence-corrected chi connectivity index (χ4v) is 1.11. The van der Waals surface area contributed by atoms with Gasteiger partial charge in [0.25, 0.3) is 0 Å². The molecule has 0 aliphatic rings. The monoisotopic (exact) mass is 193 g/mol. The Morgan fingerprint density at radius 1 is 1.36 bits per heavy atom. The van der Waals surface area contributed by atoms with Crippen molar-refractivity contribution >= 4 is 6.21 Å². The highest BCUT2D eigenvalue weighted by molar-refractivity contribution is 5.76. The highest BCUT2D eigenvalue weighted by atomic mass is 14.6.